The lowest BCUT2D eigenvalue weighted by atomic mass is 10.2. The highest BCUT2D eigenvalue weighted by Gasteiger charge is 2.14. The van der Waals surface area contributed by atoms with Crippen molar-refractivity contribution < 1.29 is 9.47 Å². The van der Waals surface area contributed by atoms with Crippen LogP contribution in [0, 0.1) is 0 Å². The standard InChI is InChI=1S/C16H15Cl2NO2S/c1-2-20-14-8-11(16(19)22)7-13(18)15(14)21-9-10-5-3-4-6-12(10)17/h3-8H,2,9H2,1H3,(H2,19,22). The highest BCUT2D eigenvalue weighted by Crippen LogP contribution is 2.37. The van der Waals surface area contributed by atoms with Crippen LogP contribution in [0.5, 0.6) is 11.5 Å². The van der Waals surface area contributed by atoms with E-state index in [-0.39, 0.29) is 11.6 Å². The third-order valence-corrected chi connectivity index (χ3v) is 3.81. The third kappa shape index (κ3) is 4.03. The molecular weight excluding hydrogens is 341 g/mol. The number of thiocarbonyl (C=S) groups is 1. The van der Waals surface area contributed by atoms with Gasteiger partial charge in [0.15, 0.2) is 11.5 Å². The van der Waals surface area contributed by atoms with E-state index < -0.39 is 0 Å². The molecule has 0 saturated carbocycles. The second-order valence-electron chi connectivity index (χ2n) is 4.46. The Morgan fingerprint density at radius 1 is 1.14 bits per heavy atom. The van der Waals surface area contributed by atoms with Gasteiger partial charge in [-0.1, -0.05) is 53.6 Å². The predicted octanol–water partition coefficient (Wildman–Crippen LogP) is 4.61. The van der Waals surface area contributed by atoms with Gasteiger partial charge in [0.2, 0.25) is 0 Å². The predicted molar refractivity (Wildman–Crippen MR) is 94.3 cm³/mol. The Morgan fingerprint density at radius 2 is 1.86 bits per heavy atom. The minimum atomic E-state index is 0.250. The Labute approximate surface area is 144 Å². The average Bonchev–Trinajstić information content (AvgIpc) is 2.48. The van der Waals surface area contributed by atoms with Crippen LogP contribution in [-0.4, -0.2) is 11.6 Å². The van der Waals surface area contributed by atoms with E-state index in [1.165, 1.54) is 0 Å². The van der Waals surface area contributed by atoms with Gasteiger partial charge in [-0.3, -0.25) is 0 Å². The second-order valence-corrected chi connectivity index (χ2v) is 5.72. The van der Waals surface area contributed by atoms with E-state index in [9.17, 15) is 0 Å². The van der Waals surface area contributed by atoms with Crippen molar-refractivity contribution in [1.29, 1.82) is 0 Å². The molecular formula is C16H15Cl2NO2S. The SMILES string of the molecule is CCOc1cc(C(N)=S)cc(Cl)c1OCc1ccccc1Cl. The largest absolute Gasteiger partial charge is 0.490 e. The minimum absolute atomic E-state index is 0.250. The topological polar surface area (TPSA) is 44.5 Å². The van der Waals surface area contributed by atoms with E-state index in [2.05, 4.69) is 0 Å². The molecule has 0 heterocycles. The Balaban J connectivity index is 2.29. The molecule has 0 aromatic heterocycles. The van der Waals surface area contributed by atoms with Crippen LogP contribution in [0.25, 0.3) is 0 Å². The fourth-order valence-electron chi connectivity index (χ4n) is 1.88. The lowest BCUT2D eigenvalue weighted by molar-refractivity contribution is 0.269. The number of ether oxygens (including phenoxy) is 2. The summed E-state index contributed by atoms with van der Waals surface area (Å²) in [5.74, 6) is 0.952. The van der Waals surface area contributed by atoms with Gasteiger partial charge in [-0.15, -0.1) is 0 Å². The van der Waals surface area contributed by atoms with Crippen LogP contribution in [-0.2, 0) is 6.61 Å². The quantitative estimate of drug-likeness (QED) is 0.768. The number of nitrogens with two attached hydrogens (primary N) is 1. The third-order valence-electron chi connectivity index (χ3n) is 2.92. The van der Waals surface area contributed by atoms with Crippen LogP contribution in [0.2, 0.25) is 10.0 Å². The van der Waals surface area contributed by atoms with Crippen molar-refractivity contribution in [3.63, 3.8) is 0 Å². The Kier molecular flexibility index (Phi) is 5.89. The molecule has 0 bridgehead atoms. The zero-order valence-electron chi connectivity index (χ0n) is 11.9. The zero-order valence-corrected chi connectivity index (χ0v) is 14.3. The van der Waals surface area contributed by atoms with E-state index in [0.717, 1.165) is 5.56 Å². The molecule has 2 aromatic rings. The Hall–Kier alpha value is -1.49. The van der Waals surface area contributed by atoms with Crippen molar-refractivity contribution in [1.82, 2.24) is 0 Å². The molecule has 0 aliphatic rings. The summed E-state index contributed by atoms with van der Waals surface area (Å²) in [5, 5.41) is 1.03. The van der Waals surface area contributed by atoms with Crippen molar-refractivity contribution in [2.45, 2.75) is 13.5 Å². The summed E-state index contributed by atoms with van der Waals surface area (Å²) >= 11 is 17.4. The van der Waals surface area contributed by atoms with E-state index in [1.807, 2.05) is 25.1 Å². The summed E-state index contributed by atoms with van der Waals surface area (Å²) in [5.41, 5.74) is 7.14. The van der Waals surface area contributed by atoms with Crippen LogP contribution in [0.3, 0.4) is 0 Å². The van der Waals surface area contributed by atoms with E-state index in [0.29, 0.717) is 33.7 Å². The molecule has 0 unspecified atom stereocenters. The summed E-state index contributed by atoms with van der Waals surface area (Å²) in [6, 6.07) is 10.8. The lowest BCUT2D eigenvalue weighted by Gasteiger charge is -2.15. The first-order valence-electron chi connectivity index (χ1n) is 6.65. The molecule has 0 aliphatic carbocycles. The number of halogens is 2. The minimum Gasteiger partial charge on any atom is -0.490 e. The van der Waals surface area contributed by atoms with Crippen molar-refractivity contribution >= 4 is 40.4 Å². The van der Waals surface area contributed by atoms with Crippen molar-refractivity contribution in [3.05, 3.63) is 57.6 Å². The van der Waals surface area contributed by atoms with Crippen LogP contribution in [0.1, 0.15) is 18.1 Å². The molecule has 2 aromatic carbocycles. The maximum absolute atomic E-state index is 6.27. The molecule has 0 aliphatic heterocycles. The average molecular weight is 356 g/mol. The molecule has 0 saturated heterocycles. The smallest absolute Gasteiger partial charge is 0.180 e. The van der Waals surface area contributed by atoms with E-state index in [4.69, 9.17) is 50.6 Å². The molecule has 6 heteroatoms. The molecule has 0 fully saturated rings. The highest BCUT2D eigenvalue weighted by molar-refractivity contribution is 7.80. The van der Waals surface area contributed by atoms with Gasteiger partial charge in [0.1, 0.15) is 11.6 Å². The molecule has 2 N–H and O–H groups in total. The van der Waals surface area contributed by atoms with Crippen LogP contribution in [0.15, 0.2) is 36.4 Å². The molecule has 0 spiro atoms. The van der Waals surface area contributed by atoms with Crippen LogP contribution >= 0.6 is 35.4 Å². The van der Waals surface area contributed by atoms with Crippen molar-refractivity contribution in [2.75, 3.05) is 6.61 Å². The molecule has 0 atom stereocenters. The van der Waals surface area contributed by atoms with Gasteiger partial charge in [-0.2, -0.15) is 0 Å². The molecule has 22 heavy (non-hydrogen) atoms. The van der Waals surface area contributed by atoms with Gasteiger partial charge in [0.25, 0.3) is 0 Å². The second kappa shape index (κ2) is 7.68. The molecule has 116 valence electrons. The van der Waals surface area contributed by atoms with Gasteiger partial charge < -0.3 is 15.2 Å². The van der Waals surface area contributed by atoms with Gasteiger partial charge in [0.05, 0.1) is 11.6 Å². The summed E-state index contributed by atoms with van der Waals surface area (Å²) in [6.07, 6.45) is 0. The normalized spacial score (nSPS) is 10.3. The van der Waals surface area contributed by atoms with Gasteiger partial charge in [-0.25, -0.2) is 0 Å². The summed E-state index contributed by atoms with van der Waals surface area (Å²) in [6.45, 7) is 2.63. The maximum atomic E-state index is 6.27. The van der Waals surface area contributed by atoms with Gasteiger partial charge in [-0.05, 0) is 25.1 Å². The van der Waals surface area contributed by atoms with E-state index >= 15 is 0 Å². The molecule has 2 rings (SSSR count). The number of hydrogen-bond acceptors (Lipinski definition) is 3. The Bertz CT molecular complexity index is 692. The fraction of sp³-hybridized carbons (Fsp3) is 0.188. The number of rotatable bonds is 6. The van der Waals surface area contributed by atoms with Gasteiger partial charge >= 0.3 is 0 Å². The maximum Gasteiger partial charge on any atom is 0.180 e. The molecule has 0 amide bonds. The zero-order chi connectivity index (χ0) is 16.1. The summed E-state index contributed by atoms with van der Waals surface area (Å²) in [4.78, 5) is 0.250. The first kappa shape index (κ1) is 16.9. The summed E-state index contributed by atoms with van der Waals surface area (Å²) in [7, 11) is 0. The molecule has 0 radical (unpaired) electrons. The fourth-order valence-corrected chi connectivity index (χ4v) is 2.45. The monoisotopic (exact) mass is 355 g/mol. The lowest BCUT2D eigenvalue weighted by Crippen LogP contribution is -2.10. The van der Waals surface area contributed by atoms with Crippen molar-refractivity contribution in [2.24, 2.45) is 5.73 Å². The summed E-state index contributed by atoms with van der Waals surface area (Å²) < 4.78 is 11.4. The molecule has 3 nitrogen and oxygen atoms in total. The highest BCUT2D eigenvalue weighted by atomic mass is 35.5. The first-order chi connectivity index (χ1) is 10.5. The van der Waals surface area contributed by atoms with Crippen LogP contribution in [0.4, 0.5) is 0 Å². The van der Waals surface area contributed by atoms with Crippen LogP contribution < -0.4 is 15.2 Å². The van der Waals surface area contributed by atoms with Crippen molar-refractivity contribution in [3.8, 4) is 11.5 Å². The number of hydrogen-bond donors (Lipinski definition) is 1. The number of benzene rings is 2. The van der Waals surface area contributed by atoms with E-state index in [1.54, 1.807) is 18.2 Å². The van der Waals surface area contributed by atoms with Gasteiger partial charge in [0, 0.05) is 16.1 Å². The Morgan fingerprint density at radius 3 is 2.50 bits per heavy atom. The first-order valence-corrected chi connectivity index (χ1v) is 7.81.